The van der Waals surface area contributed by atoms with Gasteiger partial charge in [-0.25, -0.2) is 0 Å². The van der Waals surface area contributed by atoms with Crippen molar-refractivity contribution in [2.75, 3.05) is 24.5 Å². The normalized spacial score (nSPS) is 30.5. The third-order valence-corrected chi connectivity index (χ3v) is 4.66. The van der Waals surface area contributed by atoms with E-state index in [9.17, 15) is 8.78 Å². The minimum atomic E-state index is -3.55. The second-order valence-corrected chi connectivity index (χ2v) is 6.34. The first-order valence-corrected chi connectivity index (χ1v) is 7.35. The summed E-state index contributed by atoms with van der Waals surface area (Å²) in [6.07, 6.45) is -1.01. The van der Waals surface area contributed by atoms with Crippen molar-refractivity contribution < 1.29 is 18.3 Å². The number of rotatable bonds is 2. The number of fused-ring (bicyclic) bond motifs is 1. The van der Waals surface area contributed by atoms with E-state index < -0.39 is 6.29 Å². The van der Waals surface area contributed by atoms with Crippen LogP contribution < -0.4 is 19.7 Å². The summed E-state index contributed by atoms with van der Waals surface area (Å²) in [4.78, 5) is 2.23. The van der Waals surface area contributed by atoms with E-state index in [1.54, 1.807) is 12.1 Å². The van der Waals surface area contributed by atoms with Gasteiger partial charge < -0.3 is 19.7 Å². The molecule has 1 aliphatic carbocycles. The Bertz CT molecular complexity index is 577. The molecule has 0 amide bonds. The molecule has 2 fully saturated rings. The van der Waals surface area contributed by atoms with Crippen LogP contribution in [0.5, 0.6) is 11.5 Å². The second-order valence-electron chi connectivity index (χ2n) is 6.34. The fraction of sp³-hybridized carbons (Fsp3) is 0.600. The zero-order chi connectivity index (χ0) is 14.7. The van der Waals surface area contributed by atoms with Crippen molar-refractivity contribution in [3.63, 3.8) is 0 Å². The molecule has 0 radical (unpaired) electrons. The first-order valence-electron chi connectivity index (χ1n) is 7.35. The lowest BCUT2D eigenvalue weighted by Gasteiger charge is -2.43. The van der Waals surface area contributed by atoms with Gasteiger partial charge >= 0.3 is 6.29 Å². The molecule has 1 unspecified atom stereocenters. The topological polar surface area (TPSA) is 33.7 Å². The fourth-order valence-corrected chi connectivity index (χ4v) is 3.36. The maximum Gasteiger partial charge on any atom is 0.586 e. The molecule has 21 heavy (non-hydrogen) atoms. The zero-order valence-corrected chi connectivity index (χ0v) is 11.9. The zero-order valence-electron chi connectivity index (χ0n) is 11.9. The van der Waals surface area contributed by atoms with Crippen LogP contribution in [0, 0.1) is 5.92 Å². The van der Waals surface area contributed by atoms with Gasteiger partial charge in [0.15, 0.2) is 11.5 Å². The molecule has 3 aliphatic rings. The second kappa shape index (κ2) is 4.22. The SMILES string of the molecule is CC1(C2CC2)CN(c2ccc3c(c2)OC(F)(F)O3)CCN1. The van der Waals surface area contributed by atoms with Crippen LogP contribution in [0.2, 0.25) is 0 Å². The summed E-state index contributed by atoms with van der Waals surface area (Å²) in [5.41, 5.74) is 1.02. The van der Waals surface area contributed by atoms with Crippen molar-refractivity contribution >= 4 is 5.69 Å². The van der Waals surface area contributed by atoms with Gasteiger partial charge in [0.1, 0.15) is 0 Å². The molecule has 1 atom stereocenters. The third-order valence-electron chi connectivity index (χ3n) is 4.66. The largest absolute Gasteiger partial charge is 0.586 e. The molecule has 2 heterocycles. The Hall–Kier alpha value is -1.56. The lowest BCUT2D eigenvalue weighted by molar-refractivity contribution is -0.286. The highest BCUT2D eigenvalue weighted by molar-refractivity contribution is 5.58. The Morgan fingerprint density at radius 2 is 2.00 bits per heavy atom. The number of halogens is 2. The van der Waals surface area contributed by atoms with Crippen molar-refractivity contribution in [2.24, 2.45) is 5.92 Å². The fourth-order valence-electron chi connectivity index (χ4n) is 3.36. The summed E-state index contributed by atoms with van der Waals surface area (Å²) in [5.74, 6) is 0.937. The Morgan fingerprint density at radius 1 is 1.24 bits per heavy atom. The molecule has 1 saturated heterocycles. The van der Waals surface area contributed by atoms with E-state index in [0.717, 1.165) is 31.2 Å². The molecule has 4 nitrogen and oxygen atoms in total. The van der Waals surface area contributed by atoms with Gasteiger partial charge in [0.25, 0.3) is 0 Å². The number of anilines is 1. The number of hydrogen-bond donors (Lipinski definition) is 1. The van der Waals surface area contributed by atoms with Gasteiger partial charge in [-0.05, 0) is 37.8 Å². The summed E-state index contributed by atoms with van der Waals surface area (Å²) < 4.78 is 35.1. The Balaban J connectivity index is 1.57. The van der Waals surface area contributed by atoms with Crippen LogP contribution in [0.4, 0.5) is 14.5 Å². The lowest BCUT2D eigenvalue weighted by atomic mass is 9.92. The summed E-state index contributed by atoms with van der Waals surface area (Å²) in [6.45, 7) is 4.89. The molecule has 1 N–H and O–H groups in total. The average molecular weight is 296 g/mol. The van der Waals surface area contributed by atoms with E-state index >= 15 is 0 Å². The molecule has 1 aromatic rings. The predicted octanol–water partition coefficient (Wildman–Crippen LogP) is 2.59. The summed E-state index contributed by atoms with van der Waals surface area (Å²) in [7, 11) is 0. The Morgan fingerprint density at radius 3 is 2.76 bits per heavy atom. The van der Waals surface area contributed by atoms with E-state index in [1.165, 1.54) is 12.8 Å². The standard InChI is InChI=1S/C15H18F2N2O2/c1-14(10-2-3-10)9-19(7-6-18-14)11-4-5-12-13(8-11)21-15(16,17)20-12/h4-5,8,10,18H,2-3,6-7,9H2,1H3. The van der Waals surface area contributed by atoms with Crippen molar-refractivity contribution in [3.05, 3.63) is 18.2 Å². The quantitative estimate of drug-likeness (QED) is 0.909. The van der Waals surface area contributed by atoms with Crippen molar-refractivity contribution in [1.29, 1.82) is 0 Å². The van der Waals surface area contributed by atoms with E-state index in [0.29, 0.717) is 0 Å². The van der Waals surface area contributed by atoms with Gasteiger partial charge in [-0.15, -0.1) is 8.78 Å². The number of benzene rings is 1. The van der Waals surface area contributed by atoms with Gasteiger partial charge in [0, 0.05) is 36.9 Å². The van der Waals surface area contributed by atoms with Crippen LogP contribution in [0.25, 0.3) is 0 Å². The van der Waals surface area contributed by atoms with E-state index in [4.69, 9.17) is 0 Å². The van der Waals surface area contributed by atoms with Crippen LogP contribution in [-0.2, 0) is 0 Å². The van der Waals surface area contributed by atoms with Crippen molar-refractivity contribution in [2.45, 2.75) is 31.6 Å². The molecule has 2 aliphatic heterocycles. The van der Waals surface area contributed by atoms with Crippen LogP contribution in [0.15, 0.2) is 18.2 Å². The number of piperazine rings is 1. The predicted molar refractivity (Wildman–Crippen MR) is 74.0 cm³/mol. The third kappa shape index (κ3) is 2.31. The smallest absolute Gasteiger partial charge is 0.395 e. The van der Waals surface area contributed by atoms with Crippen LogP contribution >= 0.6 is 0 Å². The summed E-state index contributed by atoms with van der Waals surface area (Å²) >= 11 is 0. The lowest BCUT2D eigenvalue weighted by Crippen LogP contribution is -2.60. The molecule has 0 aromatic heterocycles. The highest BCUT2D eigenvalue weighted by Crippen LogP contribution is 2.44. The molecule has 4 rings (SSSR count). The maximum atomic E-state index is 13.1. The van der Waals surface area contributed by atoms with Crippen LogP contribution in [0.1, 0.15) is 19.8 Å². The van der Waals surface area contributed by atoms with Gasteiger partial charge in [-0.2, -0.15) is 0 Å². The highest BCUT2D eigenvalue weighted by atomic mass is 19.3. The minimum Gasteiger partial charge on any atom is -0.395 e. The molecule has 114 valence electrons. The van der Waals surface area contributed by atoms with Crippen LogP contribution in [-0.4, -0.2) is 31.5 Å². The molecular weight excluding hydrogens is 278 g/mol. The summed E-state index contributed by atoms with van der Waals surface area (Å²) in [6, 6.07) is 5.03. The minimum absolute atomic E-state index is 0.101. The number of ether oxygens (including phenoxy) is 2. The van der Waals surface area contributed by atoms with E-state index in [1.807, 2.05) is 6.07 Å². The number of nitrogens with zero attached hydrogens (tertiary/aromatic N) is 1. The van der Waals surface area contributed by atoms with E-state index in [2.05, 4.69) is 26.6 Å². The highest BCUT2D eigenvalue weighted by Gasteiger charge is 2.45. The molecule has 0 spiro atoms. The molecule has 1 aromatic carbocycles. The van der Waals surface area contributed by atoms with Gasteiger partial charge in [-0.1, -0.05) is 0 Å². The number of hydrogen-bond acceptors (Lipinski definition) is 4. The Kier molecular flexibility index (Phi) is 2.64. The Labute approximate surface area is 122 Å². The molecule has 0 bridgehead atoms. The van der Waals surface area contributed by atoms with Crippen LogP contribution in [0.3, 0.4) is 0 Å². The van der Waals surface area contributed by atoms with Gasteiger partial charge in [-0.3, -0.25) is 0 Å². The molecular formula is C15H18F2N2O2. The molecule has 1 saturated carbocycles. The first-order chi connectivity index (χ1) is 9.95. The maximum absolute atomic E-state index is 13.1. The average Bonchev–Trinajstić information content (AvgIpc) is 3.21. The van der Waals surface area contributed by atoms with Gasteiger partial charge in [0.05, 0.1) is 0 Å². The van der Waals surface area contributed by atoms with Crippen molar-refractivity contribution in [3.8, 4) is 11.5 Å². The number of nitrogens with one attached hydrogen (secondary N) is 1. The summed E-state index contributed by atoms with van der Waals surface area (Å²) in [5, 5.41) is 3.60. The monoisotopic (exact) mass is 296 g/mol. The van der Waals surface area contributed by atoms with Crippen molar-refractivity contribution in [1.82, 2.24) is 5.32 Å². The number of alkyl halides is 2. The first kappa shape index (κ1) is 13.1. The van der Waals surface area contributed by atoms with Gasteiger partial charge in [0.2, 0.25) is 0 Å². The molecule has 6 heteroatoms. The van der Waals surface area contributed by atoms with E-state index in [-0.39, 0.29) is 17.0 Å².